The average Bonchev–Trinajstić information content (AvgIpc) is 2.81. The standard InChI is InChI=1S/C25H35N5O2/c1-19(2)12-13-30(25(32)20(3)4)18-24(31)29-16-14-28(15-17-29)23-11-10-22(26-27-23)21-8-6-5-7-9-21/h5-11,19-20H,12-18H2,1-4H3. The SMILES string of the molecule is CC(C)CCN(CC(=O)N1CCN(c2ccc(-c3ccccc3)nn2)CC1)C(=O)C(C)C. The van der Waals surface area contributed by atoms with Crippen LogP contribution < -0.4 is 4.90 Å². The molecule has 1 aliphatic rings. The summed E-state index contributed by atoms with van der Waals surface area (Å²) in [6.45, 7) is 11.5. The third-order valence-corrected chi connectivity index (χ3v) is 5.78. The first kappa shape index (κ1) is 23.7. The highest BCUT2D eigenvalue weighted by Gasteiger charge is 2.26. The Balaban J connectivity index is 1.55. The molecule has 7 nitrogen and oxygen atoms in total. The molecule has 1 fully saturated rings. The van der Waals surface area contributed by atoms with Gasteiger partial charge in [-0.05, 0) is 24.5 Å². The molecule has 1 aromatic heterocycles. The van der Waals surface area contributed by atoms with Crippen molar-refractivity contribution < 1.29 is 9.59 Å². The number of anilines is 1. The van der Waals surface area contributed by atoms with E-state index in [0.29, 0.717) is 38.6 Å². The van der Waals surface area contributed by atoms with E-state index in [4.69, 9.17) is 0 Å². The minimum atomic E-state index is -0.107. The predicted molar refractivity (Wildman–Crippen MR) is 127 cm³/mol. The third-order valence-electron chi connectivity index (χ3n) is 5.78. The lowest BCUT2D eigenvalue weighted by Gasteiger charge is -2.36. The first-order valence-electron chi connectivity index (χ1n) is 11.6. The summed E-state index contributed by atoms with van der Waals surface area (Å²) < 4.78 is 0. The van der Waals surface area contributed by atoms with Crippen molar-refractivity contribution in [2.75, 3.05) is 44.2 Å². The molecular formula is C25H35N5O2. The number of aromatic nitrogens is 2. The molecule has 2 amide bonds. The number of carbonyl (C=O) groups excluding carboxylic acids is 2. The number of carbonyl (C=O) groups is 2. The Morgan fingerprint density at radius 1 is 0.938 bits per heavy atom. The first-order chi connectivity index (χ1) is 15.3. The highest BCUT2D eigenvalue weighted by Crippen LogP contribution is 2.19. The molecule has 1 aromatic carbocycles. The van der Waals surface area contributed by atoms with Crippen LogP contribution in [-0.4, -0.2) is 71.1 Å². The van der Waals surface area contributed by atoms with Crippen LogP contribution in [0.15, 0.2) is 42.5 Å². The molecule has 0 N–H and O–H groups in total. The second kappa shape index (κ2) is 11.1. The normalized spacial score (nSPS) is 14.2. The van der Waals surface area contributed by atoms with Crippen molar-refractivity contribution in [2.45, 2.75) is 34.1 Å². The summed E-state index contributed by atoms with van der Waals surface area (Å²) in [6, 6.07) is 14.0. The third kappa shape index (κ3) is 6.28. The lowest BCUT2D eigenvalue weighted by Crippen LogP contribution is -2.52. The van der Waals surface area contributed by atoms with Crippen LogP contribution in [0.3, 0.4) is 0 Å². The number of amides is 2. The van der Waals surface area contributed by atoms with Crippen LogP contribution in [0.25, 0.3) is 11.3 Å². The Morgan fingerprint density at radius 3 is 2.19 bits per heavy atom. The van der Waals surface area contributed by atoms with E-state index < -0.39 is 0 Å². The van der Waals surface area contributed by atoms with Crippen molar-refractivity contribution >= 4 is 17.6 Å². The zero-order valence-corrected chi connectivity index (χ0v) is 19.7. The molecular weight excluding hydrogens is 402 g/mol. The Labute approximate surface area is 191 Å². The van der Waals surface area contributed by atoms with Crippen LogP contribution in [0.5, 0.6) is 0 Å². The van der Waals surface area contributed by atoms with Crippen molar-refractivity contribution in [3.05, 3.63) is 42.5 Å². The zero-order chi connectivity index (χ0) is 23.1. The van der Waals surface area contributed by atoms with E-state index >= 15 is 0 Å². The van der Waals surface area contributed by atoms with Gasteiger partial charge in [-0.1, -0.05) is 58.0 Å². The second-order valence-corrected chi connectivity index (χ2v) is 9.11. The number of piperazine rings is 1. The number of hydrogen-bond acceptors (Lipinski definition) is 5. The van der Waals surface area contributed by atoms with E-state index in [1.807, 2.05) is 61.2 Å². The molecule has 32 heavy (non-hydrogen) atoms. The summed E-state index contributed by atoms with van der Waals surface area (Å²) in [5, 5.41) is 8.77. The summed E-state index contributed by atoms with van der Waals surface area (Å²) in [4.78, 5) is 31.2. The van der Waals surface area contributed by atoms with Crippen LogP contribution >= 0.6 is 0 Å². The van der Waals surface area contributed by atoms with Gasteiger partial charge in [0.25, 0.3) is 0 Å². The van der Waals surface area contributed by atoms with Crippen molar-refractivity contribution in [1.82, 2.24) is 20.0 Å². The number of rotatable bonds is 8. The predicted octanol–water partition coefficient (Wildman–Crippen LogP) is 3.32. The van der Waals surface area contributed by atoms with E-state index in [-0.39, 0.29) is 24.3 Å². The van der Waals surface area contributed by atoms with Gasteiger partial charge in [0, 0.05) is 44.2 Å². The fraction of sp³-hybridized carbons (Fsp3) is 0.520. The minimum Gasteiger partial charge on any atom is -0.352 e. The monoisotopic (exact) mass is 437 g/mol. The average molecular weight is 438 g/mol. The molecule has 0 unspecified atom stereocenters. The Bertz CT molecular complexity index is 875. The highest BCUT2D eigenvalue weighted by atomic mass is 16.2. The molecule has 1 saturated heterocycles. The smallest absolute Gasteiger partial charge is 0.242 e. The molecule has 3 rings (SSSR count). The van der Waals surface area contributed by atoms with Gasteiger partial charge in [0.15, 0.2) is 5.82 Å². The molecule has 0 radical (unpaired) electrons. The van der Waals surface area contributed by atoms with Crippen LogP contribution in [0.2, 0.25) is 0 Å². The van der Waals surface area contributed by atoms with E-state index in [1.165, 1.54) is 0 Å². The summed E-state index contributed by atoms with van der Waals surface area (Å²) in [7, 11) is 0. The van der Waals surface area contributed by atoms with Crippen molar-refractivity contribution in [3.8, 4) is 11.3 Å². The maximum atomic E-state index is 12.9. The maximum absolute atomic E-state index is 12.9. The van der Waals surface area contributed by atoms with Gasteiger partial charge in [0.2, 0.25) is 11.8 Å². The number of benzene rings is 1. The molecule has 172 valence electrons. The Hall–Kier alpha value is -2.96. The van der Waals surface area contributed by atoms with Gasteiger partial charge >= 0.3 is 0 Å². The Morgan fingerprint density at radius 2 is 1.62 bits per heavy atom. The van der Waals surface area contributed by atoms with Crippen molar-refractivity contribution in [1.29, 1.82) is 0 Å². The van der Waals surface area contributed by atoms with Gasteiger partial charge in [-0.15, -0.1) is 10.2 Å². The van der Waals surface area contributed by atoms with E-state index in [0.717, 1.165) is 23.5 Å². The summed E-state index contributed by atoms with van der Waals surface area (Å²) in [6.07, 6.45) is 0.900. The summed E-state index contributed by atoms with van der Waals surface area (Å²) in [5.41, 5.74) is 1.89. The van der Waals surface area contributed by atoms with Crippen molar-refractivity contribution in [2.24, 2.45) is 11.8 Å². The number of hydrogen-bond donors (Lipinski definition) is 0. The van der Waals surface area contributed by atoms with Gasteiger partial charge in [-0.3, -0.25) is 9.59 Å². The van der Waals surface area contributed by atoms with Gasteiger partial charge in [0.05, 0.1) is 12.2 Å². The van der Waals surface area contributed by atoms with Crippen molar-refractivity contribution in [3.63, 3.8) is 0 Å². The fourth-order valence-corrected chi connectivity index (χ4v) is 3.75. The van der Waals surface area contributed by atoms with Crippen LogP contribution in [0.4, 0.5) is 5.82 Å². The maximum Gasteiger partial charge on any atom is 0.242 e. The fourth-order valence-electron chi connectivity index (χ4n) is 3.75. The lowest BCUT2D eigenvalue weighted by molar-refractivity contribution is -0.142. The first-order valence-corrected chi connectivity index (χ1v) is 11.6. The van der Waals surface area contributed by atoms with Gasteiger partial charge in [-0.25, -0.2) is 0 Å². The molecule has 1 aliphatic heterocycles. The lowest BCUT2D eigenvalue weighted by atomic mass is 10.1. The molecule has 0 bridgehead atoms. The molecule has 0 atom stereocenters. The number of nitrogens with zero attached hydrogens (tertiary/aromatic N) is 5. The van der Waals surface area contributed by atoms with Crippen LogP contribution in [0.1, 0.15) is 34.1 Å². The Kier molecular flexibility index (Phi) is 8.20. The van der Waals surface area contributed by atoms with Crippen LogP contribution in [0, 0.1) is 11.8 Å². The quantitative estimate of drug-likeness (QED) is 0.634. The molecule has 2 heterocycles. The molecule has 0 saturated carbocycles. The molecule has 2 aromatic rings. The highest BCUT2D eigenvalue weighted by molar-refractivity contribution is 5.85. The molecule has 0 spiro atoms. The molecule has 0 aliphatic carbocycles. The minimum absolute atomic E-state index is 0.0212. The van der Waals surface area contributed by atoms with Gasteiger partial charge in [0.1, 0.15) is 0 Å². The zero-order valence-electron chi connectivity index (χ0n) is 19.7. The summed E-state index contributed by atoms with van der Waals surface area (Å²) in [5.74, 6) is 1.28. The molecule has 7 heteroatoms. The van der Waals surface area contributed by atoms with E-state index in [1.54, 1.807) is 4.90 Å². The topological polar surface area (TPSA) is 69.6 Å². The largest absolute Gasteiger partial charge is 0.352 e. The van der Waals surface area contributed by atoms with Gasteiger partial charge in [-0.2, -0.15) is 0 Å². The van der Waals surface area contributed by atoms with Gasteiger partial charge < -0.3 is 14.7 Å². The second-order valence-electron chi connectivity index (χ2n) is 9.11. The summed E-state index contributed by atoms with van der Waals surface area (Å²) >= 11 is 0. The van der Waals surface area contributed by atoms with E-state index in [9.17, 15) is 9.59 Å². The van der Waals surface area contributed by atoms with Crippen LogP contribution in [-0.2, 0) is 9.59 Å². The van der Waals surface area contributed by atoms with E-state index in [2.05, 4.69) is 28.9 Å².